The van der Waals surface area contributed by atoms with E-state index in [2.05, 4.69) is 9.88 Å². The molecule has 1 saturated heterocycles. The number of carbonyl (C=O) groups is 1. The van der Waals surface area contributed by atoms with Crippen molar-refractivity contribution in [3.63, 3.8) is 0 Å². The molecule has 0 radical (unpaired) electrons. The molecule has 0 spiro atoms. The molecule has 0 atom stereocenters. The van der Waals surface area contributed by atoms with E-state index < -0.39 is 10.8 Å². The van der Waals surface area contributed by atoms with Crippen molar-refractivity contribution < 1.29 is 13.7 Å². The normalized spacial score (nSPS) is 16.8. The van der Waals surface area contributed by atoms with Crippen LogP contribution in [-0.4, -0.2) is 46.4 Å². The number of hydrogen-bond acceptors (Lipinski definition) is 6. The number of carbonyl (C=O) groups excluding carboxylic acids is 1. The lowest BCUT2D eigenvalue weighted by atomic mass is 10.3. The highest BCUT2D eigenvalue weighted by atomic mass is 32.2. The Morgan fingerprint density at radius 1 is 1.56 bits per heavy atom. The molecule has 2 heterocycles. The highest BCUT2D eigenvalue weighted by Crippen LogP contribution is 2.22. The Morgan fingerprint density at radius 2 is 2.28 bits per heavy atom. The molecular formula is C11H16N2O3S2. The molecule has 18 heavy (non-hydrogen) atoms. The summed E-state index contributed by atoms with van der Waals surface area (Å²) in [7, 11) is -0.679. The van der Waals surface area contributed by atoms with Gasteiger partial charge < -0.3 is 9.64 Å². The van der Waals surface area contributed by atoms with Gasteiger partial charge in [0.05, 0.1) is 18.7 Å². The van der Waals surface area contributed by atoms with Crippen molar-refractivity contribution in [2.24, 2.45) is 0 Å². The number of rotatable bonds is 4. The summed E-state index contributed by atoms with van der Waals surface area (Å²) in [6.45, 7) is 3.74. The number of esters is 1. The fourth-order valence-electron chi connectivity index (χ4n) is 1.71. The predicted molar refractivity (Wildman–Crippen MR) is 72.5 cm³/mol. The third kappa shape index (κ3) is 3.52. The van der Waals surface area contributed by atoms with E-state index in [0.29, 0.717) is 18.1 Å². The maximum atomic E-state index is 11.3. The summed E-state index contributed by atoms with van der Waals surface area (Å²) in [5.74, 6) is 1.16. The Balaban J connectivity index is 1.93. The third-order valence-corrected chi connectivity index (χ3v) is 4.84. The van der Waals surface area contributed by atoms with E-state index in [1.165, 1.54) is 11.3 Å². The second-order valence-electron chi connectivity index (χ2n) is 3.94. The van der Waals surface area contributed by atoms with Gasteiger partial charge in [0, 0.05) is 40.8 Å². The number of anilines is 1. The summed E-state index contributed by atoms with van der Waals surface area (Å²) in [4.78, 5) is 17.9. The fourth-order valence-corrected chi connectivity index (χ4v) is 3.64. The van der Waals surface area contributed by atoms with Crippen LogP contribution in [0.25, 0.3) is 0 Å². The monoisotopic (exact) mass is 288 g/mol. The smallest absolute Gasteiger partial charge is 0.311 e. The lowest BCUT2D eigenvalue weighted by Crippen LogP contribution is -2.37. The lowest BCUT2D eigenvalue weighted by Gasteiger charge is -2.25. The Hall–Kier alpha value is -0.950. The molecule has 1 aromatic heterocycles. The summed E-state index contributed by atoms with van der Waals surface area (Å²) >= 11 is 1.53. The van der Waals surface area contributed by atoms with Gasteiger partial charge in [-0.3, -0.25) is 9.00 Å². The number of nitrogens with zero attached hydrogens (tertiary/aromatic N) is 2. The van der Waals surface area contributed by atoms with Crippen LogP contribution >= 0.6 is 11.3 Å². The van der Waals surface area contributed by atoms with Gasteiger partial charge in [0.1, 0.15) is 0 Å². The summed E-state index contributed by atoms with van der Waals surface area (Å²) in [6.07, 6.45) is 0.226. The maximum absolute atomic E-state index is 11.3. The van der Waals surface area contributed by atoms with Crippen LogP contribution in [-0.2, 0) is 26.8 Å². The molecule has 0 aliphatic carbocycles. The molecule has 0 aromatic carbocycles. The standard InChI is InChI=1S/C11H16N2O3S2/c1-2-16-10(14)7-9-8-17-11(12-9)13-3-5-18(15)6-4-13/h8H,2-7H2,1H3. The van der Waals surface area contributed by atoms with Gasteiger partial charge in [0.2, 0.25) is 0 Å². The zero-order chi connectivity index (χ0) is 13.0. The SMILES string of the molecule is CCOC(=O)Cc1csc(N2CCS(=O)CC2)n1. The number of aromatic nitrogens is 1. The van der Waals surface area contributed by atoms with Crippen LogP contribution < -0.4 is 4.90 Å². The summed E-state index contributed by atoms with van der Waals surface area (Å²) < 4.78 is 16.2. The first-order valence-electron chi connectivity index (χ1n) is 5.89. The summed E-state index contributed by atoms with van der Waals surface area (Å²) in [6, 6.07) is 0. The topological polar surface area (TPSA) is 59.5 Å². The highest BCUT2D eigenvalue weighted by molar-refractivity contribution is 7.85. The van der Waals surface area contributed by atoms with Crippen molar-refractivity contribution in [3.05, 3.63) is 11.1 Å². The average Bonchev–Trinajstić information content (AvgIpc) is 2.78. The molecule has 0 bridgehead atoms. The van der Waals surface area contributed by atoms with Gasteiger partial charge in [-0.1, -0.05) is 0 Å². The van der Waals surface area contributed by atoms with Crippen LogP contribution in [0.5, 0.6) is 0 Å². The van der Waals surface area contributed by atoms with E-state index in [1.54, 1.807) is 6.92 Å². The molecule has 0 N–H and O–H groups in total. The average molecular weight is 288 g/mol. The minimum atomic E-state index is -0.679. The number of thiazole rings is 1. The lowest BCUT2D eigenvalue weighted by molar-refractivity contribution is -0.142. The molecule has 2 rings (SSSR count). The molecule has 0 saturated carbocycles. The van der Waals surface area contributed by atoms with Crippen LogP contribution in [0.2, 0.25) is 0 Å². The second kappa shape index (κ2) is 6.29. The summed E-state index contributed by atoms with van der Waals surface area (Å²) in [5, 5.41) is 2.80. The molecule has 7 heteroatoms. The van der Waals surface area contributed by atoms with Crippen LogP contribution in [0.15, 0.2) is 5.38 Å². The molecule has 0 amide bonds. The molecule has 0 unspecified atom stereocenters. The molecule has 1 aromatic rings. The van der Waals surface area contributed by atoms with E-state index in [0.717, 1.165) is 23.9 Å². The van der Waals surface area contributed by atoms with Crippen LogP contribution in [0, 0.1) is 0 Å². The Labute approximate surface area is 113 Å². The van der Waals surface area contributed by atoms with Crippen molar-refractivity contribution >= 4 is 33.2 Å². The quantitative estimate of drug-likeness (QED) is 0.768. The Bertz CT molecular complexity index is 437. The molecular weight excluding hydrogens is 272 g/mol. The van der Waals surface area contributed by atoms with Gasteiger partial charge >= 0.3 is 5.97 Å². The summed E-state index contributed by atoms with van der Waals surface area (Å²) in [5.41, 5.74) is 0.750. The van der Waals surface area contributed by atoms with Crippen LogP contribution in [0.4, 0.5) is 5.13 Å². The van der Waals surface area contributed by atoms with Crippen molar-refractivity contribution in [2.75, 3.05) is 36.1 Å². The van der Waals surface area contributed by atoms with E-state index >= 15 is 0 Å². The van der Waals surface area contributed by atoms with Gasteiger partial charge in [-0.15, -0.1) is 11.3 Å². The molecule has 1 aliphatic rings. The number of hydrogen-bond donors (Lipinski definition) is 0. The van der Waals surface area contributed by atoms with Gasteiger partial charge in [-0.2, -0.15) is 0 Å². The minimum Gasteiger partial charge on any atom is -0.466 e. The Morgan fingerprint density at radius 3 is 2.94 bits per heavy atom. The van der Waals surface area contributed by atoms with E-state index in [9.17, 15) is 9.00 Å². The van der Waals surface area contributed by atoms with Crippen molar-refractivity contribution in [1.29, 1.82) is 0 Å². The predicted octanol–water partition coefficient (Wildman–Crippen LogP) is 0.817. The zero-order valence-corrected chi connectivity index (χ0v) is 11.9. The first-order valence-corrected chi connectivity index (χ1v) is 8.25. The van der Waals surface area contributed by atoms with Gasteiger partial charge in [-0.25, -0.2) is 4.98 Å². The van der Waals surface area contributed by atoms with E-state index in [-0.39, 0.29) is 12.4 Å². The number of ether oxygens (including phenoxy) is 1. The van der Waals surface area contributed by atoms with Crippen molar-refractivity contribution in [3.8, 4) is 0 Å². The zero-order valence-electron chi connectivity index (χ0n) is 10.3. The fraction of sp³-hybridized carbons (Fsp3) is 0.636. The largest absolute Gasteiger partial charge is 0.466 e. The maximum Gasteiger partial charge on any atom is 0.311 e. The van der Waals surface area contributed by atoms with Crippen molar-refractivity contribution in [2.45, 2.75) is 13.3 Å². The molecule has 1 fully saturated rings. The first-order chi connectivity index (χ1) is 8.69. The molecule has 1 aliphatic heterocycles. The highest BCUT2D eigenvalue weighted by Gasteiger charge is 2.18. The molecule has 5 nitrogen and oxygen atoms in total. The van der Waals surface area contributed by atoms with Crippen molar-refractivity contribution in [1.82, 2.24) is 4.98 Å². The van der Waals surface area contributed by atoms with Gasteiger partial charge in [0.25, 0.3) is 0 Å². The third-order valence-electron chi connectivity index (χ3n) is 2.62. The van der Waals surface area contributed by atoms with Gasteiger partial charge in [0.15, 0.2) is 5.13 Å². The van der Waals surface area contributed by atoms with Crippen LogP contribution in [0.1, 0.15) is 12.6 Å². The minimum absolute atomic E-state index is 0.226. The second-order valence-corrected chi connectivity index (χ2v) is 6.47. The van der Waals surface area contributed by atoms with Crippen LogP contribution in [0.3, 0.4) is 0 Å². The van der Waals surface area contributed by atoms with E-state index in [4.69, 9.17) is 4.74 Å². The first kappa shape index (κ1) is 13.5. The Kier molecular flexibility index (Phi) is 4.71. The molecule has 100 valence electrons. The van der Waals surface area contributed by atoms with Gasteiger partial charge in [-0.05, 0) is 6.92 Å². The van der Waals surface area contributed by atoms with E-state index in [1.807, 2.05) is 5.38 Å².